The second-order valence-electron chi connectivity index (χ2n) is 4.18. The Morgan fingerprint density at radius 3 is 2.67 bits per heavy atom. The molecule has 1 heterocycles. The molecular weight excluding hydrogens is 238 g/mol. The SMILES string of the molecule is CCOCCC(=O)N(CC)C1COCC1C(=O)O. The summed E-state index contributed by atoms with van der Waals surface area (Å²) in [6, 6.07) is -0.360. The summed E-state index contributed by atoms with van der Waals surface area (Å²) in [5.41, 5.74) is 0. The number of rotatable bonds is 7. The summed E-state index contributed by atoms with van der Waals surface area (Å²) < 4.78 is 10.3. The maximum Gasteiger partial charge on any atom is 0.311 e. The van der Waals surface area contributed by atoms with E-state index in [1.165, 1.54) is 0 Å². The van der Waals surface area contributed by atoms with Gasteiger partial charge < -0.3 is 19.5 Å². The van der Waals surface area contributed by atoms with E-state index in [1.54, 1.807) is 4.90 Å². The fourth-order valence-corrected chi connectivity index (χ4v) is 2.13. The van der Waals surface area contributed by atoms with E-state index in [9.17, 15) is 9.59 Å². The topological polar surface area (TPSA) is 76.1 Å². The van der Waals surface area contributed by atoms with E-state index in [0.29, 0.717) is 26.4 Å². The Bertz CT molecular complexity index is 294. The van der Waals surface area contributed by atoms with Gasteiger partial charge >= 0.3 is 5.97 Å². The van der Waals surface area contributed by atoms with Gasteiger partial charge in [-0.3, -0.25) is 9.59 Å². The standard InChI is InChI=1S/C12H21NO5/c1-3-13(11(14)5-6-17-4-2)10-8-18-7-9(10)12(15)16/h9-10H,3-8H2,1-2H3,(H,15,16). The Balaban J connectivity index is 2.58. The molecule has 1 aliphatic rings. The molecule has 1 saturated heterocycles. The Labute approximate surface area is 107 Å². The molecule has 18 heavy (non-hydrogen) atoms. The van der Waals surface area contributed by atoms with Gasteiger partial charge in [-0.05, 0) is 13.8 Å². The maximum atomic E-state index is 12.0. The van der Waals surface area contributed by atoms with Crippen LogP contribution in [0.25, 0.3) is 0 Å². The molecule has 0 aromatic carbocycles. The minimum atomic E-state index is -0.909. The van der Waals surface area contributed by atoms with E-state index >= 15 is 0 Å². The molecule has 1 rings (SSSR count). The van der Waals surface area contributed by atoms with Gasteiger partial charge in [0.25, 0.3) is 0 Å². The van der Waals surface area contributed by atoms with Crippen LogP contribution < -0.4 is 0 Å². The van der Waals surface area contributed by atoms with Crippen LogP contribution >= 0.6 is 0 Å². The molecule has 0 spiro atoms. The van der Waals surface area contributed by atoms with Gasteiger partial charge in [0.05, 0.1) is 32.3 Å². The molecule has 0 bridgehead atoms. The molecule has 1 aliphatic heterocycles. The number of aliphatic carboxylic acids is 1. The average molecular weight is 259 g/mol. The highest BCUT2D eigenvalue weighted by molar-refractivity contribution is 5.78. The second-order valence-corrected chi connectivity index (χ2v) is 4.18. The van der Waals surface area contributed by atoms with E-state index in [1.807, 2.05) is 13.8 Å². The van der Waals surface area contributed by atoms with Crippen LogP contribution in [0.2, 0.25) is 0 Å². The van der Waals surface area contributed by atoms with Gasteiger partial charge in [-0.15, -0.1) is 0 Å². The molecule has 6 heteroatoms. The molecule has 0 radical (unpaired) electrons. The van der Waals surface area contributed by atoms with Crippen molar-refractivity contribution in [2.45, 2.75) is 26.3 Å². The van der Waals surface area contributed by atoms with Crippen molar-refractivity contribution in [1.82, 2.24) is 4.90 Å². The van der Waals surface area contributed by atoms with E-state index < -0.39 is 11.9 Å². The van der Waals surface area contributed by atoms with Crippen molar-refractivity contribution in [1.29, 1.82) is 0 Å². The predicted octanol–water partition coefficient (Wildman–Crippen LogP) is 0.361. The lowest BCUT2D eigenvalue weighted by molar-refractivity contribution is -0.145. The second kappa shape index (κ2) is 7.33. The minimum Gasteiger partial charge on any atom is -0.481 e. The Kier molecular flexibility index (Phi) is 6.07. The van der Waals surface area contributed by atoms with Gasteiger partial charge in [0.2, 0.25) is 5.91 Å². The van der Waals surface area contributed by atoms with Gasteiger partial charge in [-0.2, -0.15) is 0 Å². The molecule has 1 N–H and O–H groups in total. The van der Waals surface area contributed by atoms with E-state index in [4.69, 9.17) is 14.6 Å². The zero-order valence-corrected chi connectivity index (χ0v) is 10.9. The zero-order chi connectivity index (χ0) is 13.5. The van der Waals surface area contributed by atoms with E-state index in [-0.39, 0.29) is 25.0 Å². The number of carboxylic acids is 1. The highest BCUT2D eigenvalue weighted by atomic mass is 16.5. The van der Waals surface area contributed by atoms with Crippen LogP contribution in [0.5, 0.6) is 0 Å². The van der Waals surface area contributed by atoms with Gasteiger partial charge in [-0.1, -0.05) is 0 Å². The van der Waals surface area contributed by atoms with Gasteiger partial charge in [-0.25, -0.2) is 0 Å². The fourth-order valence-electron chi connectivity index (χ4n) is 2.13. The number of hydrogen-bond acceptors (Lipinski definition) is 4. The Morgan fingerprint density at radius 2 is 2.11 bits per heavy atom. The number of nitrogens with zero attached hydrogens (tertiary/aromatic N) is 1. The summed E-state index contributed by atoms with van der Waals surface area (Å²) in [4.78, 5) is 24.7. The number of carbonyl (C=O) groups is 2. The highest BCUT2D eigenvalue weighted by Crippen LogP contribution is 2.20. The van der Waals surface area contributed by atoms with Crippen LogP contribution in [-0.4, -0.2) is 60.9 Å². The molecule has 2 unspecified atom stereocenters. The first kappa shape index (κ1) is 14.9. The summed E-state index contributed by atoms with van der Waals surface area (Å²) in [7, 11) is 0. The summed E-state index contributed by atoms with van der Waals surface area (Å²) in [5.74, 6) is -1.61. The monoisotopic (exact) mass is 259 g/mol. The number of carboxylic acid groups (broad SMARTS) is 1. The van der Waals surface area contributed by atoms with Crippen molar-refractivity contribution in [2.24, 2.45) is 5.92 Å². The number of ether oxygens (including phenoxy) is 2. The summed E-state index contributed by atoms with van der Waals surface area (Å²) in [6.07, 6.45) is 0.282. The van der Waals surface area contributed by atoms with Crippen molar-refractivity contribution >= 4 is 11.9 Å². The third-order valence-corrected chi connectivity index (χ3v) is 3.09. The molecular formula is C12H21NO5. The number of likely N-dealkylation sites (N-methyl/N-ethyl adjacent to an activating group) is 1. The molecule has 0 aliphatic carbocycles. The fraction of sp³-hybridized carbons (Fsp3) is 0.833. The summed E-state index contributed by atoms with van der Waals surface area (Å²) in [5, 5.41) is 9.08. The lowest BCUT2D eigenvalue weighted by Gasteiger charge is -2.29. The molecule has 6 nitrogen and oxygen atoms in total. The molecule has 0 saturated carbocycles. The molecule has 1 fully saturated rings. The lowest BCUT2D eigenvalue weighted by atomic mass is 10.0. The van der Waals surface area contributed by atoms with Crippen LogP contribution in [0.4, 0.5) is 0 Å². The summed E-state index contributed by atoms with van der Waals surface area (Å²) in [6.45, 7) is 5.62. The number of hydrogen-bond donors (Lipinski definition) is 1. The van der Waals surface area contributed by atoms with Crippen molar-refractivity contribution in [3.63, 3.8) is 0 Å². The predicted molar refractivity (Wildman–Crippen MR) is 64.2 cm³/mol. The molecule has 1 amide bonds. The number of carbonyl (C=O) groups excluding carboxylic acids is 1. The van der Waals surface area contributed by atoms with Crippen LogP contribution in [0, 0.1) is 5.92 Å². The highest BCUT2D eigenvalue weighted by Gasteiger charge is 2.39. The first-order chi connectivity index (χ1) is 8.61. The van der Waals surface area contributed by atoms with Gasteiger partial charge in [0.15, 0.2) is 0 Å². The third kappa shape index (κ3) is 3.68. The molecule has 0 aromatic heterocycles. The van der Waals surface area contributed by atoms with Crippen LogP contribution in [0.15, 0.2) is 0 Å². The quantitative estimate of drug-likeness (QED) is 0.668. The zero-order valence-electron chi connectivity index (χ0n) is 10.9. The van der Waals surface area contributed by atoms with E-state index in [0.717, 1.165) is 0 Å². The van der Waals surface area contributed by atoms with Crippen molar-refractivity contribution in [2.75, 3.05) is 33.0 Å². The van der Waals surface area contributed by atoms with Crippen LogP contribution in [-0.2, 0) is 19.1 Å². The minimum absolute atomic E-state index is 0.0762. The smallest absolute Gasteiger partial charge is 0.311 e. The largest absolute Gasteiger partial charge is 0.481 e. The molecule has 0 aromatic rings. The molecule has 2 atom stereocenters. The van der Waals surface area contributed by atoms with Crippen molar-refractivity contribution < 1.29 is 24.2 Å². The number of amides is 1. The average Bonchev–Trinajstić information content (AvgIpc) is 2.79. The van der Waals surface area contributed by atoms with Crippen LogP contribution in [0.3, 0.4) is 0 Å². The lowest BCUT2D eigenvalue weighted by Crippen LogP contribution is -2.46. The third-order valence-electron chi connectivity index (χ3n) is 3.09. The van der Waals surface area contributed by atoms with Crippen molar-refractivity contribution in [3.8, 4) is 0 Å². The molecule has 104 valence electrons. The first-order valence-corrected chi connectivity index (χ1v) is 6.29. The summed E-state index contributed by atoms with van der Waals surface area (Å²) >= 11 is 0. The maximum absolute atomic E-state index is 12.0. The van der Waals surface area contributed by atoms with Crippen LogP contribution in [0.1, 0.15) is 20.3 Å². The van der Waals surface area contributed by atoms with Crippen molar-refractivity contribution in [3.05, 3.63) is 0 Å². The van der Waals surface area contributed by atoms with Gasteiger partial charge in [0.1, 0.15) is 5.92 Å². The van der Waals surface area contributed by atoms with Gasteiger partial charge in [0, 0.05) is 13.2 Å². The Hall–Kier alpha value is -1.14. The normalized spacial score (nSPS) is 23.0. The van der Waals surface area contributed by atoms with E-state index in [2.05, 4.69) is 0 Å². The Morgan fingerprint density at radius 1 is 1.39 bits per heavy atom. The first-order valence-electron chi connectivity index (χ1n) is 6.29.